The van der Waals surface area contributed by atoms with E-state index in [0.717, 1.165) is 27.6 Å². The zero-order valence-electron chi connectivity index (χ0n) is 19.4. The summed E-state index contributed by atoms with van der Waals surface area (Å²) >= 11 is 0. The highest BCUT2D eigenvalue weighted by Gasteiger charge is 2.22. The topological polar surface area (TPSA) is 108 Å². The molecule has 0 radical (unpaired) electrons. The second-order valence-electron chi connectivity index (χ2n) is 8.22. The number of hydrogen-bond acceptors (Lipinski definition) is 6. The van der Waals surface area contributed by atoms with Crippen molar-refractivity contribution >= 4 is 44.4 Å². The molecule has 174 valence electrons. The van der Waals surface area contributed by atoms with Gasteiger partial charge in [-0.15, -0.1) is 0 Å². The number of nitriles is 2. The van der Waals surface area contributed by atoms with Crippen molar-refractivity contribution in [2.45, 2.75) is 0 Å². The van der Waals surface area contributed by atoms with Crippen molar-refractivity contribution in [2.75, 3.05) is 0 Å². The zero-order valence-corrected chi connectivity index (χ0v) is 19.4. The van der Waals surface area contributed by atoms with Crippen molar-refractivity contribution in [3.05, 3.63) is 107 Å². The van der Waals surface area contributed by atoms with E-state index < -0.39 is 0 Å². The summed E-state index contributed by atoms with van der Waals surface area (Å²) in [7, 11) is 0. The molecule has 2 aromatic heterocycles. The summed E-state index contributed by atoms with van der Waals surface area (Å²) < 4.78 is 12.1. The van der Waals surface area contributed by atoms with E-state index in [9.17, 15) is 10.5 Å². The molecule has 0 N–H and O–H groups in total. The third-order valence-corrected chi connectivity index (χ3v) is 6.12. The maximum Gasteiger partial charge on any atom is 0.322 e. The lowest BCUT2D eigenvalue weighted by atomic mass is 9.95. The van der Waals surface area contributed by atoms with Gasteiger partial charge in [-0.05, 0) is 28.6 Å². The first-order valence-electron chi connectivity index (χ1n) is 11.3. The van der Waals surface area contributed by atoms with Crippen LogP contribution in [0.2, 0.25) is 0 Å². The molecule has 6 rings (SSSR count). The van der Waals surface area contributed by atoms with Gasteiger partial charge in [-0.3, -0.25) is 0 Å². The predicted octanol–water partition coefficient (Wildman–Crippen LogP) is 5.56. The minimum absolute atomic E-state index is 0.100. The lowest BCUT2D eigenvalue weighted by Crippen LogP contribution is -2.02. The van der Waals surface area contributed by atoms with Crippen LogP contribution >= 0.6 is 0 Å². The number of rotatable bonds is 2. The highest BCUT2D eigenvalue weighted by atomic mass is 16.3. The lowest BCUT2D eigenvalue weighted by molar-refractivity contribution is 0.560. The molecule has 8 nitrogen and oxygen atoms in total. The van der Waals surface area contributed by atoms with E-state index in [0.29, 0.717) is 27.6 Å². The van der Waals surface area contributed by atoms with Crippen LogP contribution in [-0.4, -0.2) is 9.97 Å². The maximum absolute atomic E-state index is 9.47. The van der Waals surface area contributed by atoms with Gasteiger partial charge in [0.05, 0.1) is 30.7 Å². The van der Waals surface area contributed by atoms with Gasteiger partial charge >= 0.3 is 11.4 Å². The smallest absolute Gasteiger partial charge is 0.322 e. The highest BCUT2D eigenvalue weighted by Crippen LogP contribution is 2.40. The lowest BCUT2D eigenvalue weighted by Gasteiger charge is -2.09. The van der Waals surface area contributed by atoms with Crippen LogP contribution in [-0.2, 0) is 0 Å². The molecule has 0 aliphatic heterocycles. The summed E-state index contributed by atoms with van der Waals surface area (Å²) in [6.07, 6.45) is 0. The first-order chi connectivity index (χ1) is 18.7. The molecule has 0 aliphatic rings. The van der Waals surface area contributed by atoms with Gasteiger partial charge in [0.2, 0.25) is 11.1 Å². The van der Waals surface area contributed by atoms with Crippen LogP contribution in [0, 0.1) is 35.8 Å². The van der Waals surface area contributed by atoms with Crippen molar-refractivity contribution in [1.82, 2.24) is 9.97 Å². The third kappa shape index (κ3) is 3.35. The van der Waals surface area contributed by atoms with E-state index in [1.165, 1.54) is 0 Å². The van der Waals surface area contributed by atoms with Crippen LogP contribution in [0.15, 0.2) is 81.6 Å². The Morgan fingerprint density at radius 1 is 0.684 bits per heavy atom. The number of fused-ring (bicyclic) bond motifs is 5. The van der Waals surface area contributed by atoms with Crippen LogP contribution < -0.4 is 11.1 Å². The number of aromatic nitrogens is 2. The molecule has 0 spiro atoms. The summed E-state index contributed by atoms with van der Waals surface area (Å²) in [6.45, 7) is 14.8. The molecule has 4 aromatic carbocycles. The van der Waals surface area contributed by atoms with Gasteiger partial charge in [0.15, 0.2) is 11.2 Å². The fourth-order valence-electron chi connectivity index (χ4n) is 4.46. The fourth-order valence-corrected chi connectivity index (χ4v) is 4.46. The maximum atomic E-state index is 9.47. The molecule has 6 aromatic rings. The molecule has 0 fully saturated rings. The van der Waals surface area contributed by atoms with Crippen molar-refractivity contribution in [1.29, 1.82) is 10.5 Å². The normalized spacial score (nSPS) is 12.4. The monoisotopic (exact) mass is 488 g/mol. The summed E-state index contributed by atoms with van der Waals surface area (Å²) in [4.78, 5) is 15.6. The van der Waals surface area contributed by atoms with Gasteiger partial charge in [-0.2, -0.15) is 0 Å². The van der Waals surface area contributed by atoms with E-state index in [2.05, 4.69) is 19.7 Å². The Bertz CT molecular complexity index is 2030. The SMILES string of the molecule is [C-]#[N+]/C(C#N)=c1\nc2c(o1)c(-c1ccccc1)cc1cc(-c3ccccc3)c3n/c(=C(/C#N)[N+]#[C-])oc3c12. The first kappa shape index (κ1) is 22.3. The fraction of sp³-hybridized carbons (Fsp3) is 0. The van der Waals surface area contributed by atoms with Crippen LogP contribution in [0.4, 0.5) is 0 Å². The predicted molar refractivity (Wildman–Crippen MR) is 140 cm³/mol. The zero-order chi connectivity index (χ0) is 26.2. The van der Waals surface area contributed by atoms with Crippen molar-refractivity contribution in [3.8, 4) is 34.4 Å². The molecule has 0 saturated heterocycles. The molecule has 2 heterocycles. The van der Waals surface area contributed by atoms with E-state index >= 15 is 0 Å². The van der Waals surface area contributed by atoms with Gasteiger partial charge in [0, 0.05) is 11.1 Å². The molecule has 0 unspecified atom stereocenters. The first-order valence-corrected chi connectivity index (χ1v) is 11.3. The standard InChI is InChI=1S/C30H12N6O2/c1-33-22(15-31)29-35-25-20(17-9-5-3-6-10-17)13-19-14-21(18-11-7-4-8-12-18)27-26(24(19)28(25)38-29)36-30(37-27)23(16-32)34-2/h3-14H/b29-22+,30-23+. The quantitative estimate of drug-likeness (QED) is 0.295. The highest BCUT2D eigenvalue weighted by molar-refractivity contribution is 6.21. The second-order valence-corrected chi connectivity index (χ2v) is 8.22. The van der Waals surface area contributed by atoms with Gasteiger partial charge in [0.1, 0.15) is 11.0 Å². The summed E-state index contributed by atoms with van der Waals surface area (Å²) in [5.74, 6) is 0. The van der Waals surface area contributed by atoms with E-state index in [1.54, 1.807) is 0 Å². The Kier molecular flexibility index (Phi) is 5.14. The van der Waals surface area contributed by atoms with Crippen LogP contribution in [0.3, 0.4) is 0 Å². The van der Waals surface area contributed by atoms with Crippen molar-refractivity contribution < 1.29 is 8.83 Å². The molecule has 38 heavy (non-hydrogen) atoms. The molecule has 0 atom stereocenters. The Morgan fingerprint density at radius 3 is 1.74 bits per heavy atom. The van der Waals surface area contributed by atoms with Crippen LogP contribution in [0.5, 0.6) is 0 Å². The van der Waals surface area contributed by atoms with Gasteiger partial charge in [-0.25, -0.2) is 30.2 Å². The number of oxazole rings is 2. The van der Waals surface area contributed by atoms with E-state index in [4.69, 9.17) is 22.0 Å². The Labute approximate surface area is 214 Å². The van der Waals surface area contributed by atoms with Gasteiger partial charge in [0.25, 0.3) is 0 Å². The summed E-state index contributed by atoms with van der Waals surface area (Å²) in [5.41, 5.74) is 3.95. The Balaban J connectivity index is 1.90. The van der Waals surface area contributed by atoms with Crippen LogP contribution in [0.1, 0.15) is 0 Å². The second kappa shape index (κ2) is 8.77. The number of benzene rings is 4. The van der Waals surface area contributed by atoms with Crippen LogP contribution in [0.25, 0.3) is 76.3 Å². The summed E-state index contributed by atoms with van der Waals surface area (Å²) in [5, 5.41) is 20.2. The molecular weight excluding hydrogens is 476 g/mol. The van der Waals surface area contributed by atoms with E-state index in [1.807, 2.05) is 84.9 Å². The molecular formula is C30H12N6O2. The molecule has 0 amide bonds. The minimum atomic E-state index is -0.281. The molecule has 0 bridgehead atoms. The van der Waals surface area contributed by atoms with Crippen molar-refractivity contribution in [3.63, 3.8) is 0 Å². The average Bonchev–Trinajstić information content (AvgIpc) is 3.60. The largest absolute Gasteiger partial charge is 0.445 e. The van der Waals surface area contributed by atoms with E-state index in [-0.39, 0.29) is 22.5 Å². The Morgan fingerprint density at radius 2 is 1.18 bits per heavy atom. The molecule has 0 saturated carbocycles. The van der Waals surface area contributed by atoms with Gasteiger partial charge < -0.3 is 8.83 Å². The number of hydrogen-bond donors (Lipinski definition) is 0. The van der Waals surface area contributed by atoms with Gasteiger partial charge in [-0.1, -0.05) is 60.7 Å². The molecule has 0 aliphatic carbocycles. The minimum Gasteiger partial charge on any atom is -0.445 e. The summed E-state index contributed by atoms with van der Waals surface area (Å²) in [6, 6.07) is 26.7. The Hall–Kier alpha value is -6.22. The number of nitrogens with zero attached hydrogens (tertiary/aromatic N) is 6. The third-order valence-electron chi connectivity index (χ3n) is 6.12. The average molecular weight is 488 g/mol. The van der Waals surface area contributed by atoms with Crippen molar-refractivity contribution in [2.24, 2.45) is 0 Å². The molecule has 8 heteroatoms.